The number of aryl methyl sites for hydroxylation is 2. The summed E-state index contributed by atoms with van der Waals surface area (Å²) < 4.78 is 12.1. The monoisotopic (exact) mass is 528 g/mol. The van der Waals surface area contributed by atoms with Gasteiger partial charge in [-0.3, -0.25) is 0 Å². The van der Waals surface area contributed by atoms with Crippen molar-refractivity contribution in [3.8, 4) is 11.5 Å². The van der Waals surface area contributed by atoms with Gasteiger partial charge in [0, 0.05) is 17.6 Å². The zero-order valence-corrected chi connectivity index (χ0v) is 20.0. The molecule has 0 fully saturated rings. The summed E-state index contributed by atoms with van der Waals surface area (Å²) >= 11 is 7.51. The van der Waals surface area contributed by atoms with Crippen molar-refractivity contribution in [1.82, 2.24) is 0 Å². The largest absolute Gasteiger partial charge is 0.454 e. The molecule has 3 aromatic rings. The summed E-state index contributed by atoms with van der Waals surface area (Å²) in [6, 6.07) is 19.3. The van der Waals surface area contributed by atoms with Crippen molar-refractivity contribution in [2.45, 2.75) is 32.0 Å². The van der Waals surface area contributed by atoms with E-state index >= 15 is 0 Å². The molecule has 30 heavy (non-hydrogen) atoms. The Morgan fingerprint density at radius 1 is 0.800 bits per heavy atom. The van der Waals surface area contributed by atoms with E-state index in [2.05, 4.69) is 104 Å². The van der Waals surface area contributed by atoms with Gasteiger partial charge >= 0.3 is 0 Å². The van der Waals surface area contributed by atoms with Gasteiger partial charge in [0.15, 0.2) is 16.6 Å². The molecule has 0 amide bonds. The minimum absolute atomic E-state index is 0.0581. The van der Waals surface area contributed by atoms with Crippen LogP contribution >= 0.6 is 31.9 Å². The third kappa shape index (κ3) is 3.56. The highest BCUT2D eigenvalue weighted by atomic mass is 79.9. The summed E-state index contributed by atoms with van der Waals surface area (Å²) in [5.41, 5.74) is 7.57. The molecule has 1 atom stereocenters. The normalized spacial score (nSPS) is 16.9. The Kier molecular flexibility index (Phi) is 5.15. The van der Waals surface area contributed by atoms with E-state index < -0.39 is 0 Å². The van der Waals surface area contributed by atoms with Crippen LogP contribution in [0.5, 0.6) is 11.5 Å². The summed E-state index contributed by atoms with van der Waals surface area (Å²) in [6.07, 6.45) is 0. The number of benzene rings is 3. The number of anilines is 2. The van der Waals surface area contributed by atoms with Crippen LogP contribution in [0.4, 0.5) is 11.4 Å². The first-order chi connectivity index (χ1) is 14.5. The van der Waals surface area contributed by atoms with Gasteiger partial charge in [0.05, 0.1) is 11.4 Å². The minimum Gasteiger partial charge on any atom is -0.454 e. The first kappa shape index (κ1) is 19.8. The van der Waals surface area contributed by atoms with Crippen LogP contribution in [0.1, 0.15) is 22.3 Å². The lowest BCUT2D eigenvalue weighted by Gasteiger charge is -2.29. The van der Waals surface area contributed by atoms with Gasteiger partial charge in [-0.1, -0.05) is 34.1 Å². The van der Waals surface area contributed by atoms with Gasteiger partial charge in [-0.25, -0.2) is 0 Å². The lowest BCUT2D eigenvalue weighted by Crippen LogP contribution is -2.37. The van der Waals surface area contributed by atoms with E-state index in [9.17, 15) is 0 Å². The predicted molar refractivity (Wildman–Crippen MR) is 128 cm³/mol. The highest BCUT2D eigenvalue weighted by Crippen LogP contribution is 2.45. The fraction of sp³-hybridized carbons (Fsp3) is 0.250. The fourth-order valence-corrected chi connectivity index (χ4v) is 4.98. The molecule has 0 N–H and O–H groups in total. The van der Waals surface area contributed by atoms with Crippen LogP contribution in [0.25, 0.3) is 0 Å². The van der Waals surface area contributed by atoms with Gasteiger partial charge in [0.25, 0.3) is 0 Å². The van der Waals surface area contributed by atoms with Crippen LogP contribution in [0.15, 0.2) is 59.1 Å². The molecule has 1 unspecified atom stereocenters. The molecule has 4 nitrogen and oxygen atoms in total. The molecule has 0 bridgehead atoms. The summed E-state index contributed by atoms with van der Waals surface area (Å²) in [4.78, 5) is 4.82. The second-order valence-corrected chi connectivity index (χ2v) is 9.54. The summed E-state index contributed by atoms with van der Waals surface area (Å²) in [5.74, 6) is 1.64. The lowest BCUT2D eigenvalue weighted by atomic mass is 10.1. The lowest BCUT2D eigenvalue weighted by molar-refractivity contribution is 0.174. The van der Waals surface area contributed by atoms with Crippen LogP contribution < -0.4 is 19.3 Å². The van der Waals surface area contributed by atoms with Crippen LogP contribution in [0.2, 0.25) is 0 Å². The minimum atomic E-state index is 0.0581. The smallest absolute Gasteiger partial charge is 0.231 e. The molecule has 2 heterocycles. The van der Waals surface area contributed by atoms with Crippen molar-refractivity contribution in [3.05, 3.63) is 81.3 Å². The van der Waals surface area contributed by atoms with Gasteiger partial charge < -0.3 is 19.3 Å². The van der Waals surface area contributed by atoms with E-state index in [1.807, 2.05) is 6.07 Å². The Morgan fingerprint density at radius 3 is 2.03 bits per heavy atom. The number of ether oxygens (including phenoxy) is 2. The molecule has 5 rings (SSSR count). The number of halogens is 2. The highest BCUT2D eigenvalue weighted by molar-refractivity contribution is 9.10. The fourth-order valence-electron chi connectivity index (χ4n) is 3.99. The van der Waals surface area contributed by atoms with Gasteiger partial charge in [0.1, 0.15) is 0 Å². The average Bonchev–Trinajstić information content (AvgIpc) is 3.29. The zero-order valence-electron chi connectivity index (χ0n) is 16.9. The van der Waals surface area contributed by atoms with Crippen molar-refractivity contribution >= 4 is 43.2 Å². The van der Waals surface area contributed by atoms with Crippen molar-refractivity contribution in [2.75, 3.05) is 16.6 Å². The predicted octanol–water partition coefficient (Wildman–Crippen LogP) is 6.50. The van der Waals surface area contributed by atoms with E-state index in [-0.39, 0.29) is 5.08 Å². The van der Waals surface area contributed by atoms with Crippen LogP contribution in [0.3, 0.4) is 0 Å². The van der Waals surface area contributed by atoms with Gasteiger partial charge in [0.2, 0.25) is 6.79 Å². The molecule has 154 valence electrons. The first-order valence-corrected chi connectivity index (χ1v) is 11.6. The molecular formula is C24H22Br2N2O2. The van der Waals surface area contributed by atoms with Crippen molar-refractivity contribution in [1.29, 1.82) is 0 Å². The topological polar surface area (TPSA) is 24.9 Å². The van der Waals surface area contributed by atoms with E-state index in [1.165, 1.54) is 33.6 Å². The van der Waals surface area contributed by atoms with Gasteiger partial charge in [-0.15, -0.1) is 0 Å². The van der Waals surface area contributed by atoms with Crippen molar-refractivity contribution < 1.29 is 9.47 Å². The van der Waals surface area contributed by atoms with Gasteiger partial charge in [-0.05, 0) is 88.4 Å². The number of nitrogens with zero attached hydrogens (tertiary/aromatic N) is 2. The quantitative estimate of drug-likeness (QED) is 0.284. The number of hydrogen-bond donors (Lipinski definition) is 0. The third-order valence-electron chi connectivity index (χ3n) is 5.78. The number of rotatable bonds is 4. The van der Waals surface area contributed by atoms with E-state index in [4.69, 9.17) is 9.47 Å². The average molecular weight is 530 g/mol. The summed E-state index contributed by atoms with van der Waals surface area (Å²) in [5, 5.41) is 0.0581. The maximum Gasteiger partial charge on any atom is 0.231 e. The number of hydrogen-bond acceptors (Lipinski definition) is 4. The first-order valence-electron chi connectivity index (χ1n) is 9.91. The van der Waals surface area contributed by atoms with Gasteiger partial charge in [-0.2, -0.15) is 0 Å². The number of alkyl halides is 1. The second kappa shape index (κ2) is 7.82. The number of fused-ring (bicyclic) bond motifs is 2. The van der Waals surface area contributed by atoms with Crippen LogP contribution in [-0.2, 0) is 13.1 Å². The molecule has 2 aliphatic rings. The maximum absolute atomic E-state index is 5.58. The molecular weight excluding hydrogens is 508 g/mol. The molecule has 2 aliphatic heterocycles. The van der Waals surface area contributed by atoms with Crippen molar-refractivity contribution in [2.24, 2.45) is 0 Å². The Labute approximate surface area is 193 Å². The standard InChI is InChI=1S/C24H22Br2N2O2/c1-15-9-20-21(10-16(15)2)28(13-18-5-8-22-23(11-18)30-14-29-22)24(26)27(20)12-17-3-6-19(25)7-4-17/h3-11,24H,12-14H2,1-2H3. The van der Waals surface area contributed by atoms with E-state index in [0.29, 0.717) is 6.79 Å². The molecule has 0 aliphatic carbocycles. The zero-order chi connectivity index (χ0) is 20.8. The van der Waals surface area contributed by atoms with Crippen molar-refractivity contribution in [3.63, 3.8) is 0 Å². The molecule has 6 heteroatoms. The Morgan fingerprint density at radius 2 is 1.37 bits per heavy atom. The molecule has 0 aromatic heterocycles. The Bertz CT molecular complexity index is 1100. The second-order valence-electron chi connectivity index (χ2n) is 7.81. The molecule has 0 saturated heterocycles. The Hall–Kier alpha value is -2.18. The molecule has 0 spiro atoms. The van der Waals surface area contributed by atoms with Crippen LogP contribution in [0, 0.1) is 13.8 Å². The Balaban J connectivity index is 1.49. The molecule has 0 radical (unpaired) electrons. The summed E-state index contributed by atoms with van der Waals surface area (Å²) in [6.45, 7) is 6.26. The summed E-state index contributed by atoms with van der Waals surface area (Å²) in [7, 11) is 0. The van der Waals surface area contributed by atoms with E-state index in [0.717, 1.165) is 29.1 Å². The van der Waals surface area contributed by atoms with E-state index in [1.54, 1.807) is 0 Å². The maximum atomic E-state index is 5.58. The highest BCUT2D eigenvalue weighted by Gasteiger charge is 2.34. The molecule has 3 aromatic carbocycles. The third-order valence-corrected chi connectivity index (χ3v) is 7.30. The molecule has 0 saturated carbocycles. The van der Waals surface area contributed by atoms with Crippen LogP contribution in [-0.4, -0.2) is 11.9 Å². The SMILES string of the molecule is Cc1cc2c(cc1C)N(Cc1ccc3c(c1)OCO3)C(Br)N2Cc1ccc(Br)cc1.